The highest BCUT2D eigenvalue weighted by Crippen LogP contribution is 2.44. The number of carbonyl (C=O) groups excluding carboxylic acids is 2. The number of hydrogen-bond acceptors (Lipinski definition) is 4. The molecule has 0 aliphatic heterocycles. The molecule has 2 aromatic rings. The first-order valence-electron chi connectivity index (χ1n) is 10.8. The smallest absolute Gasteiger partial charge is 0.407 e. The maximum atomic E-state index is 12.5. The van der Waals surface area contributed by atoms with Crippen LogP contribution in [0.1, 0.15) is 36.3 Å². The Morgan fingerprint density at radius 2 is 1.56 bits per heavy atom. The Morgan fingerprint density at radius 1 is 1.00 bits per heavy atom. The van der Waals surface area contributed by atoms with Crippen LogP contribution in [-0.4, -0.2) is 47.9 Å². The van der Waals surface area contributed by atoms with Gasteiger partial charge < -0.3 is 20.5 Å². The predicted octanol–water partition coefficient (Wildman–Crippen LogP) is 3.83. The molecule has 7 nitrogen and oxygen atoms in total. The number of hydrogen-bond donors (Lipinski definition) is 3. The van der Waals surface area contributed by atoms with Gasteiger partial charge in [-0.3, -0.25) is 4.79 Å². The second-order valence-electron chi connectivity index (χ2n) is 8.55. The number of alkyl halides is 3. The van der Waals surface area contributed by atoms with Crippen LogP contribution >= 0.6 is 0 Å². The van der Waals surface area contributed by atoms with Crippen molar-refractivity contribution in [1.82, 2.24) is 10.6 Å². The molecular formula is C24H23F3N2O5. The number of halogens is 3. The number of amides is 2. The summed E-state index contributed by atoms with van der Waals surface area (Å²) >= 11 is 0. The van der Waals surface area contributed by atoms with E-state index in [-0.39, 0.29) is 31.4 Å². The van der Waals surface area contributed by atoms with Crippen molar-refractivity contribution in [3.63, 3.8) is 0 Å². The van der Waals surface area contributed by atoms with Gasteiger partial charge in [0.15, 0.2) is 0 Å². The zero-order valence-electron chi connectivity index (χ0n) is 18.0. The number of carboxylic acids is 1. The molecule has 1 fully saturated rings. The Morgan fingerprint density at radius 3 is 2.09 bits per heavy atom. The molecule has 2 aliphatic rings. The maximum absolute atomic E-state index is 12.5. The van der Waals surface area contributed by atoms with Gasteiger partial charge in [0.25, 0.3) is 0 Å². The highest BCUT2D eigenvalue weighted by atomic mass is 19.4. The third kappa shape index (κ3) is 5.16. The summed E-state index contributed by atoms with van der Waals surface area (Å²) in [6.07, 6.45) is -6.64. The molecular weight excluding hydrogens is 453 g/mol. The third-order valence-electron chi connectivity index (χ3n) is 6.22. The number of benzene rings is 2. The maximum Gasteiger partial charge on any atom is 0.407 e. The summed E-state index contributed by atoms with van der Waals surface area (Å²) in [5.41, 5.74) is 4.35. The van der Waals surface area contributed by atoms with Crippen molar-refractivity contribution < 1.29 is 37.4 Å². The molecule has 0 bridgehead atoms. The van der Waals surface area contributed by atoms with Crippen LogP contribution in [-0.2, 0) is 14.3 Å². The lowest BCUT2D eigenvalue weighted by molar-refractivity contribution is -0.160. The molecule has 2 amide bonds. The van der Waals surface area contributed by atoms with E-state index in [1.54, 1.807) is 0 Å². The number of rotatable bonds is 7. The van der Waals surface area contributed by atoms with Gasteiger partial charge >= 0.3 is 18.2 Å². The van der Waals surface area contributed by atoms with Crippen molar-refractivity contribution in [2.24, 2.45) is 5.92 Å². The first kappa shape index (κ1) is 23.6. The summed E-state index contributed by atoms with van der Waals surface area (Å²) < 4.78 is 42.9. The Bertz CT molecular complexity index is 1050. The molecule has 0 radical (unpaired) electrons. The fourth-order valence-electron chi connectivity index (χ4n) is 4.48. The zero-order chi connectivity index (χ0) is 24.5. The van der Waals surface area contributed by atoms with Crippen molar-refractivity contribution >= 4 is 18.0 Å². The zero-order valence-corrected chi connectivity index (χ0v) is 18.0. The summed E-state index contributed by atoms with van der Waals surface area (Å²) in [6, 6.07) is 13.4. The molecule has 0 saturated heterocycles. The Kier molecular flexibility index (Phi) is 6.49. The van der Waals surface area contributed by atoms with Gasteiger partial charge in [0, 0.05) is 17.9 Å². The highest BCUT2D eigenvalue weighted by molar-refractivity contribution is 5.86. The Labute approximate surface area is 193 Å². The van der Waals surface area contributed by atoms with Gasteiger partial charge in [-0.15, -0.1) is 0 Å². The minimum atomic E-state index is -4.72. The fourth-order valence-corrected chi connectivity index (χ4v) is 4.48. The molecule has 34 heavy (non-hydrogen) atoms. The summed E-state index contributed by atoms with van der Waals surface area (Å²) in [5, 5.41) is 13.5. The van der Waals surface area contributed by atoms with Crippen LogP contribution in [0.2, 0.25) is 0 Å². The molecule has 4 rings (SSSR count). The van der Waals surface area contributed by atoms with Crippen LogP contribution in [0.5, 0.6) is 0 Å². The normalized spacial score (nSPS) is 19.9. The molecule has 0 aromatic heterocycles. The van der Waals surface area contributed by atoms with E-state index in [0.717, 1.165) is 22.3 Å². The number of ether oxygens (including phenoxy) is 1. The number of carbonyl (C=O) groups is 3. The molecule has 0 spiro atoms. The van der Waals surface area contributed by atoms with Gasteiger partial charge in [0.05, 0.1) is 6.42 Å². The minimum Gasteiger partial charge on any atom is -0.480 e. The Hall–Kier alpha value is -3.56. The molecule has 1 unspecified atom stereocenters. The van der Waals surface area contributed by atoms with E-state index in [1.165, 1.54) is 0 Å². The van der Waals surface area contributed by atoms with E-state index >= 15 is 0 Å². The van der Waals surface area contributed by atoms with Crippen LogP contribution < -0.4 is 10.6 Å². The van der Waals surface area contributed by atoms with E-state index in [9.17, 15) is 27.6 Å². The van der Waals surface area contributed by atoms with Crippen LogP contribution in [0, 0.1) is 5.92 Å². The van der Waals surface area contributed by atoms with Crippen molar-refractivity contribution in [2.45, 2.75) is 43.4 Å². The number of carboxylic acid groups (broad SMARTS) is 1. The third-order valence-corrected chi connectivity index (χ3v) is 6.22. The molecule has 10 heteroatoms. The van der Waals surface area contributed by atoms with Gasteiger partial charge in [-0.1, -0.05) is 48.5 Å². The largest absolute Gasteiger partial charge is 0.480 e. The second-order valence-corrected chi connectivity index (χ2v) is 8.55. The fraction of sp³-hybridized carbons (Fsp3) is 0.375. The number of nitrogens with one attached hydrogen (secondary N) is 2. The van der Waals surface area contributed by atoms with Crippen molar-refractivity contribution in [3.05, 3.63) is 59.7 Å². The standard InChI is InChI=1S/C24H23F3N2O5/c25-24(26,27)11-20(22(31)32)29-21(30)13-9-14(10-13)28-23(33)34-12-19-17-7-3-1-5-15(17)16-6-2-4-8-18(16)19/h1-8,13-14,19-20H,9-12H2,(H,28,33)(H,29,30)(H,31,32). The Balaban J connectivity index is 1.25. The first-order chi connectivity index (χ1) is 16.1. The lowest BCUT2D eigenvalue weighted by Gasteiger charge is -2.35. The quantitative estimate of drug-likeness (QED) is 0.564. The van der Waals surface area contributed by atoms with Gasteiger partial charge in [-0.05, 0) is 35.1 Å². The summed E-state index contributed by atoms with van der Waals surface area (Å²) in [7, 11) is 0. The molecule has 3 N–H and O–H groups in total. The molecule has 180 valence electrons. The summed E-state index contributed by atoms with van der Waals surface area (Å²) in [5.74, 6) is -3.30. The van der Waals surface area contributed by atoms with Gasteiger partial charge in [0.2, 0.25) is 5.91 Å². The molecule has 1 atom stereocenters. The summed E-state index contributed by atoms with van der Waals surface area (Å²) in [4.78, 5) is 35.4. The molecule has 2 aliphatic carbocycles. The van der Waals surface area contributed by atoms with Crippen LogP contribution in [0.15, 0.2) is 48.5 Å². The van der Waals surface area contributed by atoms with Gasteiger partial charge in [-0.25, -0.2) is 9.59 Å². The molecule has 1 saturated carbocycles. The predicted molar refractivity (Wildman–Crippen MR) is 115 cm³/mol. The van der Waals surface area contributed by atoms with Crippen molar-refractivity contribution in [3.8, 4) is 11.1 Å². The van der Waals surface area contributed by atoms with E-state index in [4.69, 9.17) is 9.84 Å². The van der Waals surface area contributed by atoms with Crippen LogP contribution in [0.25, 0.3) is 11.1 Å². The van der Waals surface area contributed by atoms with Crippen LogP contribution in [0.3, 0.4) is 0 Å². The SMILES string of the molecule is O=C(NC1CC(C(=O)NC(CC(F)(F)F)C(=O)O)C1)OCC1c2ccccc2-c2ccccc21. The summed E-state index contributed by atoms with van der Waals surface area (Å²) in [6.45, 7) is 0.133. The van der Waals surface area contributed by atoms with Crippen molar-refractivity contribution in [1.29, 1.82) is 0 Å². The van der Waals surface area contributed by atoms with Crippen LogP contribution in [0.4, 0.5) is 18.0 Å². The topological polar surface area (TPSA) is 105 Å². The second kappa shape index (κ2) is 9.36. The number of alkyl carbamates (subject to hydrolysis) is 1. The first-order valence-corrected chi connectivity index (χ1v) is 10.8. The molecule has 2 aromatic carbocycles. The van der Waals surface area contributed by atoms with E-state index in [1.807, 2.05) is 53.8 Å². The average Bonchev–Trinajstić information content (AvgIpc) is 3.07. The number of aliphatic carboxylic acids is 1. The van der Waals surface area contributed by atoms with Crippen molar-refractivity contribution in [2.75, 3.05) is 6.61 Å². The monoisotopic (exact) mass is 476 g/mol. The average molecular weight is 476 g/mol. The van der Waals surface area contributed by atoms with Gasteiger partial charge in [0.1, 0.15) is 12.6 Å². The lowest BCUT2D eigenvalue weighted by Crippen LogP contribution is -2.53. The lowest BCUT2D eigenvalue weighted by atomic mass is 9.79. The minimum absolute atomic E-state index is 0.0975. The number of fused-ring (bicyclic) bond motifs is 3. The van der Waals surface area contributed by atoms with E-state index < -0.39 is 42.5 Å². The van der Waals surface area contributed by atoms with E-state index in [0.29, 0.717) is 0 Å². The molecule has 0 heterocycles. The van der Waals surface area contributed by atoms with E-state index in [2.05, 4.69) is 5.32 Å². The van der Waals surface area contributed by atoms with Gasteiger partial charge in [-0.2, -0.15) is 13.2 Å². The highest BCUT2D eigenvalue weighted by Gasteiger charge is 2.40.